The van der Waals surface area contributed by atoms with Gasteiger partial charge in [0.1, 0.15) is 5.75 Å². The van der Waals surface area contributed by atoms with Crippen molar-refractivity contribution in [3.8, 4) is 5.75 Å². The van der Waals surface area contributed by atoms with Crippen LogP contribution >= 0.6 is 15.9 Å². The third kappa shape index (κ3) is 3.69. The van der Waals surface area contributed by atoms with Gasteiger partial charge in [0, 0.05) is 10.2 Å². The van der Waals surface area contributed by atoms with Gasteiger partial charge in [-0.25, -0.2) is 13.6 Å². The molecule has 4 N–H and O–H groups in total. The number of aromatic nitrogens is 1. The second-order valence-electron chi connectivity index (χ2n) is 4.05. The van der Waals surface area contributed by atoms with Crippen molar-refractivity contribution in [3.05, 3.63) is 46.7 Å². The zero-order valence-electron chi connectivity index (χ0n) is 10.2. The molecule has 1 aromatic heterocycles. The van der Waals surface area contributed by atoms with E-state index < -0.39 is 10.0 Å². The normalized spacial score (nSPS) is 11.3. The van der Waals surface area contributed by atoms with E-state index in [1.165, 1.54) is 18.3 Å². The Morgan fingerprint density at radius 2 is 2.05 bits per heavy atom. The van der Waals surface area contributed by atoms with E-state index in [4.69, 9.17) is 10.2 Å². The fourth-order valence-corrected chi connectivity index (χ4v) is 2.73. The largest absolute Gasteiger partial charge is 0.506 e. The van der Waals surface area contributed by atoms with Crippen molar-refractivity contribution in [2.45, 2.75) is 11.4 Å². The van der Waals surface area contributed by atoms with E-state index >= 15 is 0 Å². The van der Waals surface area contributed by atoms with Crippen molar-refractivity contribution in [1.29, 1.82) is 0 Å². The van der Waals surface area contributed by atoms with Crippen LogP contribution in [0.4, 0.5) is 5.69 Å². The number of primary sulfonamides is 1. The zero-order valence-corrected chi connectivity index (χ0v) is 12.6. The topological polar surface area (TPSA) is 105 Å². The molecule has 0 fully saturated rings. The van der Waals surface area contributed by atoms with Crippen LogP contribution in [0.2, 0.25) is 0 Å². The van der Waals surface area contributed by atoms with Gasteiger partial charge in [0.05, 0.1) is 23.3 Å². The highest BCUT2D eigenvalue weighted by Crippen LogP contribution is 2.25. The molecule has 0 amide bonds. The summed E-state index contributed by atoms with van der Waals surface area (Å²) >= 11 is 3.28. The third-order valence-electron chi connectivity index (χ3n) is 2.54. The van der Waals surface area contributed by atoms with E-state index in [0.29, 0.717) is 16.7 Å². The van der Waals surface area contributed by atoms with Gasteiger partial charge >= 0.3 is 0 Å². The Bertz CT molecular complexity index is 717. The van der Waals surface area contributed by atoms with Crippen LogP contribution in [-0.4, -0.2) is 18.5 Å². The van der Waals surface area contributed by atoms with Gasteiger partial charge in [0.15, 0.2) is 0 Å². The summed E-state index contributed by atoms with van der Waals surface area (Å²) < 4.78 is 23.0. The lowest BCUT2D eigenvalue weighted by atomic mass is 10.3. The molecule has 1 heterocycles. The maximum absolute atomic E-state index is 11.2. The number of benzene rings is 1. The van der Waals surface area contributed by atoms with Gasteiger partial charge in [-0.05, 0) is 46.3 Å². The lowest BCUT2D eigenvalue weighted by Gasteiger charge is -2.09. The minimum atomic E-state index is -3.71. The maximum atomic E-state index is 11.2. The van der Waals surface area contributed by atoms with Gasteiger partial charge in [-0.15, -0.1) is 0 Å². The van der Waals surface area contributed by atoms with Gasteiger partial charge in [-0.1, -0.05) is 0 Å². The van der Waals surface area contributed by atoms with Crippen LogP contribution in [-0.2, 0) is 16.6 Å². The average Bonchev–Trinajstić information content (AvgIpc) is 2.38. The number of nitrogens with two attached hydrogens (primary N) is 1. The van der Waals surface area contributed by atoms with Crippen LogP contribution in [0.25, 0.3) is 0 Å². The molecule has 0 bridgehead atoms. The number of anilines is 1. The Morgan fingerprint density at radius 1 is 1.30 bits per heavy atom. The molecule has 0 saturated carbocycles. The van der Waals surface area contributed by atoms with Crippen LogP contribution in [0.5, 0.6) is 5.75 Å². The molecule has 6 nitrogen and oxygen atoms in total. The zero-order chi connectivity index (χ0) is 14.8. The SMILES string of the molecule is NS(=O)(=O)c1ccc(NCc2ccc(O)cn2)c(Br)c1. The molecule has 0 atom stereocenters. The van der Waals surface area contributed by atoms with Gasteiger partial charge in [0.25, 0.3) is 0 Å². The number of hydrogen-bond donors (Lipinski definition) is 3. The Morgan fingerprint density at radius 3 is 2.60 bits per heavy atom. The van der Waals surface area contributed by atoms with Crippen LogP contribution < -0.4 is 10.5 Å². The number of halogens is 1. The highest BCUT2D eigenvalue weighted by molar-refractivity contribution is 9.10. The molecule has 0 radical (unpaired) electrons. The van der Waals surface area contributed by atoms with E-state index in [0.717, 1.165) is 5.69 Å². The smallest absolute Gasteiger partial charge is 0.238 e. The van der Waals surface area contributed by atoms with Crippen LogP contribution in [0.1, 0.15) is 5.69 Å². The van der Waals surface area contributed by atoms with Crippen molar-refractivity contribution in [2.24, 2.45) is 5.14 Å². The summed E-state index contributed by atoms with van der Waals surface area (Å²) in [6.07, 6.45) is 1.36. The van der Waals surface area contributed by atoms with Crippen LogP contribution in [0.15, 0.2) is 45.9 Å². The van der Waals surface area contributed by atoms with E-state index in [9.17, 15) is 8.42 Å². The molecule has 0 unspecified atom stereocenters. The number of rotatable bonds is 4. The maximum Gasteiger partial charge on any atom is 0.238 e. The standard InChI is InChI=1S/C12H12BrN3O3S/c13-11-5-10(20(14,18)19)3-4-12(11)16-6-8-1-2-9(17)7-15-8/h1-5,7,16-17H,6H2,(H2,14,18,19). The highest BCUT2D eigenvalue weighted by Gasteiger charge is 2.10. The van der Waals surface area contributed by atoms with Crippen molar-refractivity contribution in [2.75, 3.05) is 5.32 Å². The van der Waals surface area contributed by atoms with Crippen molar-refractivity contribution >= 4 is 31.6 Å². The molecule has 0 aliphatic carbocycles. The Kier molecular flexibility index (Phi) is 4.26. The first-order valence-corrected chi connectivity index (χ1v) is 7.90. The summed E-state index contributed by atoms with van der Waals surface area (Å²) in [5.74, 6) is 0.104. The van der Waals surface area contributed by atoms with E-state index in [-0.39, 0.29) is 10.6 Å². The second-order valence-corrected chi connectivity index (χ2v) is 6.46. The molecular weight excluding hydrogens is 346 g/mol. The van der Waals surface area contributed by atoms with Crippen LogP contribution in [0, 0.1) is 0 Å². The van der Waals surface area contributed by atoms with Gasteiger partial charge < -0.3 is 10.4 Å². The van der Waals surface area contributed by atoms with Crippen LogP contribution in [0.3, 0.4) is 0 Å². The summed E-state index contributed by atoms with van der Waals surface area (Å²) in [6, 6.07) is 7.71. The summed E-state index contributed by atoms with van der Waals surface area (Å²) in [7, 11) is -3.71. The molecule has 2 rings (SSSR count). The fraction of sp³-hybridized carbons (Fsp3) is 0.0833. The second kappa shape index (κ2) is 5.78. The molecule has 0 aliphatic heterocycles. The molecule has 0 aliphatic rings. The van der Waals surface area contributed by atoms with E-state index in [2.05, 4.69) is 26.2 Å². The predicted molar refractivity (Wildman–Crippen MR) is 78.7 cm³/mol. The summed E-state index contributed by atoms with van der Waals surface area (Å²) in [6.45, 7) is 0.438. The van der Waals surface area contributed by atoms with E-state index in [1.807, 2.05) is 0 Å². The average molecular weight is 358 g/mol. The molecule has 1 aromatic carbocycles. The third-order valence-corrected chi connectivity index (χ3v) is 4.11. The first-order valence-electron chi connectivity index (χ1n) is 5.56. The quantitative estimate of drug-likeness (QED) is 0.773. The molecular formula is C12H12BrN3O3S. The molecule has 0 saturated heterocycles. The summed E-state index contributed by atoms with van der Waals surface area (Å²) in [4.78, 5) is 4.08. The number of sulfonamides is 1. The van der Waals surface area contributed by atoms with Gasteiger partial charge in [-0.2, -0.15) is 0 Å². The lowest BCUT2D eigenvalue weighted by molar-refractivity contribution is 0.472. The first-order chi connectivity index (χ1) is 9.36. The molecule has 2 aromatic rings. The molecule has 8 heteroatoms. The number of pyridine rings is 1. The van der Waals surface area contributed by atoms with Gasteiger partial charge in [-0.3, -0.25) is 4.98 Å². The Balaban J connectivity index is 2.12. The Labute approximate surface area is 124 Å². The fourth-order valence-electron chi connectivity index (χ4n) is 1.52. The minimum absolute atomic E-state index is 0.0395. The monoisotopic (exact) mass is 357 g/mol. The van der Waals surface area contributed by atoms with E-state index in [1.54, 1.807) is 18.2 Å². The summed E-state index contributed by atoms with van der Waals surface area (Å²) in [5.41, 5.74) is 1.46. The number of nitrogens with one attached hydrogen (secondary N) is 1. The van der Waals surface area contributed by atoms with Crippen molar-refractivity contribution in [3.63, 3.8) is 0 Å². The predicted octanol–water partition coefficient (Wildman–Crippen LogP) is 1.81. The number of nitrogens with zero attached hydrogens (tertiary/aromatic N) is 1. The lowest BCUT2D eigenvalue weighted by Crippen LogP contribution is -2.12. The number of hydrogen-bond acceptors (Lipinski definition) is 5. The minimum Gasteiger partial charge on any atom is -0.506 e. The van der Waals surface area contributed by atoms with Gasteiger partial charge in [0.2, 0.25) is 10.0 Å². The first kappa shape index (κ1) is 14.8. The molecule has 0 spiro atoms. The number of aromatic hydroxyl groups is 1. The highest BCUT2D eigenvalue weighted by atomic mass is 79.9. The summed E-state index contributed by atoms with van der Waals surface area (Å²) in [5, 5.41) is 17.3. The van der Waals surface area contributed by atoms with Crippen molar-refractivity contribution < 1.29 is 13.5 Å². The van der Waals surface area contributed by atoms with Crippen molar-refractivity contribution in [1.82, 2.24) is 4.98 Å². The molecule has 106 valence electrons. The molecule has 20 heavy (non-hydrogen) atoms. The Hall–Kier alpha value is -1.64.